The normalized spacial score (nSPS) is 16.7. The van der Waals surface area contributed by atoms with Crippen LogP contribution in [0.25, 0.3) is 5.65 Å². The van der Waals surface area contributed by atoms with Crippen LogP contribution in [-0.4, -0.2) is 15.3 Å². The van der Waals surface area contributed by atoms with Gasteiger partial charge in [-0.2, -0.15) is 0 Å². The van der Waals surface area contributed by atoms with E-state index in [0.717, 1.165) is 36.3 Å². The molecule has 0 spiro atoms. The van der Waals surface area contributed by atoms with E-state index in [2.05, 4.69) is 54.9 Å². The molecule has 1 unspecified atom stereocenters. The predicted octanol–water partition coefficient (Wildman–Crippen LogP) is 4.00. The first kappa shape index (κ1) is 15.9. The summed E-state index contributed by atoms with van der Waals surface area (Å²) < 4.78 is 2.14. The van der Waals surface area contributed by atoms with E-state index in [0.29, 0.717) is 0 Å². The van der Waals surface area contributed by atoms with Crippen LogP contribution in [0.4, 0.5) is 5.69 Å². The average molecular weight is 333 g/mol. The molecule has 0 bridgehead atoms. The lowest BCUT2D eigenvalue weighted by Gasteiger charge is -2.21. The molecule has 1 N–H and O–H groups in total. The highest BCUT2D eigenvalue weighted by molar-refractivity contribution is 5.93. The van der Waals surface area contributed by atoms with Gasteiger partial charge in [-0.3, -0.25) is 4.79 Å². The van der Waals surface area contributed by atoms with Gasteiger partial charge >= 0.3 is 0 Å². The van der Waals surface area contributed by atoms with Crippen LogP contribution in [0.15, 0.2) is 36.5 Å². The molecule has 1 aromatic carbocycles. The zero-order valence-corrected chi connectivity index (χ0v) is 15.0. The van der Waals surface area contributed by atoms with Gasteiger partial charge in [-0.1, -0.05) is 6.07 Å². The first-order valence-electron chi connectivity index (χ1n) is 8.85. The number of nitrogens with one attached hydrogen (secondary N) is 1. The SMILES string of the molecule is Cc1cc(C)cc(NC(=O)C2CCc3nc4cc(C)ccn4c3C2)c1. The molecule has 0 saturated carbocycles. The number of aromatic nitrogens is 2. The topological polar surface area (TPSA) is 46.4 Å². The van der Waals surface area contributed by atoms with Crippen molar-refractivity contribution in [2.24, 2.45) is 5.92 Å². The summed E-state index contributed by atoms with van der Waals surface area (Å²) in [5.41, 5.74) is 7.74. The van der Waals surface area contributed by atoms with Crippen LogP contribution in [-0.2, 0) is 17.6 Å². The van der Waals surface area contributed by atoms with Crippen molar-refractivity contribution in [1.82, 2.24) is 9.38 Å². The van der Waals surface area contributed by atoms with Crippen LogP contribution in [0, 0.1) is 26.7 Å². The molecule has 1 atom stereocenters. The van der Waals surface area contributed by atoms with Crippen LogP contribution in [0.3, 0.4) is 0 Å². The second-order valence-corrected chi connectivity index (χ2v) is 7.24. The Bertz CT molecular complexity index is 950. The highest BCUT2D eigenvalue weighted by Crippen LogP contribution is 2.28. The molecule has 2 heterocycles. The van der Waals surface area contributed by atoms with E-state index in [1.54, 1.807) is 0 Å². The fraction of sp³-hybridized carbons (Fsp3) is 0.333. The Hall–Kier alpha value is -2.62. The number of carbonyl (C=O) groups excluding carboxylic acids is 1. The summed E-state index contributed by atoms with van der Waals surface area (Å²) in [5.74, 6) is 0.104. The number of amides is 1. The summed E-state index contributed by atoms with van der Waals surface area (Å²) in [6.45, 7) is 6.18. The molecule has 128 valence electrons. The molecular formula is C21H23N3O. The molecule has 0 fully saturated rings. The van der Waals surface area contributed by atoms with Crippen molar-refractivity contribution >= 4 is 17.2 Å². The molecule has 1 amide bonds. The predicted molar refractivity (Wildman–Crippen MR) is 100.0 cm³/mol. The van der Waals surface area contributed by atoms with Crippen molar-refractivity contribution in [3.63, 3.8) is 0 Å². The zero-order chi connectivity index (χ0) is 17.6. The molecule has 3 aromatic rings. The standard InChI is InChI=1S/C21H23N3O/c1-13-6-7-24-19-12-16(4-5-18(19)23-20(24)11-13)21(25)22-17-9-14(2)8-15(3)10-17/h6-11,16H,4-5,12H2,1-3H3,(H,22,25). The van der Waals surface area contributed by atoms with Crippen LogP contribution in [0.1, 0.15) is 34.5 Å². The molecule has 0 aliphatic heterocycles. The van der Waals surface area contributed by atoms with Crippen molar-refractivity contribution in [1.29, 1.82) is 0 Å². The largest absolute Gasteiger partial charge is 0.326 e. The van der Waals surface area contributed by atoms with Gasteiger partial charge in [0.1, 0.15) is 5.65 Å². The zero-order valence-electron chi connectivity index (χ0n) is 15.0. The number of pyridine rings is 1. The van der Waals surface area contributed by atoms with E-state index in [4.69, 9.17) is 4.98 Å². The maximum atomic E-state index is 12.8. The minimum Gasteiger partial charge on any atom is -0.326 e. The third-order valence-corrected chi connectivity index (χ3v) is 4.99. The van der Waals surface area contributed by atoms with Crippen molar-refractivity contribution in [2.75, 3.05) is 5.32 Å². The molecule has 0 saturated heterocycles. The third kappa shape index (κ3) is 3.04. The summed E-state index contributed by atoms with van der Waals surface area (Å²) in [5, 5.41) is 3.10. The van der Waals surface area contributed by atoms with E-state index in [9.17, 15) is 4.79 Å². The van der Waals surface area contributed by atoms with Crippen LogP contribution >= 0.6 is 0 Å². The monoisotopic (exact) mass is 333 g/mol. The number of nitrogens with zero attached hydrogens (tertiary/aromatic N) is 2. The van der Waals surface area contributed by atoms with E-state index < -0.39 is 0 Å². The summed E-state index contributed by atoms with van der Waals surface area (Å²) in [4.78, 5) is 17.5. The number of aryl methyl sites for hydroxylation is 4. The van der Waals surface area contributed by atoms with Gasteiger partial charge in [0.15, 0.2) is 0 Å². The maximum Gasteiger partial charge on any atom is 0.227 e. The van der Waals surface area contributed by atoms with Gasteiger partial charge in [0.05, 0.1) is 5.69 Å². The lowest BCUT2D eigenvalue weighted by Crippen LogP contribution is -2.28. The van der Waals surface area contributed by atoms with Gasteiger partial charge in [-0.15, -0.1) is 0 Å². The maximum absolute atomic E-state index is 12.8. The Balaban J connectivity index is 1.57. The number of anilines is 1. The van der Waals surface area contributed by atoms with E-state index >= 15 is 0 Å². The molecule has 4 rings (SSSR count). The number of imidazole rings is 1. The summed E-state index contributed by atoms with van der Waals surface area (Å²) in [6.07, 6.45) is 4.53. The molecule has 1 aliphatic carbocycles. The first-order valence-corrected chi connectivity index (χ1v) is 8.85. The second-order valence-electron chi connectivity index (χ2n) is 7.24. The van der Waals surface area contributed by atoms with Gasteiger partial charge in [-0.05, 0) is 74.6 Å². The molecule has 0 radical (unpaired) electrons. The molecule has 4 heteroatoms. The number of hydrogen-bond donors (Lipinski definition) is 1. The average Bonchev–Trinajstić information content (AvgIpc) is 2.90. The minimum absolute atomic E-state index is 0.00507. The minimum atomic E-state index is -0.00507. The van der Waals surface area contributed by atoms with E-state index in [1.807, 2.05) is 12.1 Å². The van der Waals surface area contributed by atoms with Crippen LogP contribution < -0.4 is 5.32 Å². The summed E-state index contributed by atoms with van der Waals surface area (Å²) in [6, 6.07) is 10.4. The van der Waals surface area contributed by atoms with Crippen molar-refractivity contribution in [2.45, 2.75) is 40.0 Å². The Kier molecular flexibility index (Phi) is 3.83. The van der Waals surface area contributed by atoms with Gasteiger partial charge in [-0.25, -0.2) is 4.98 Å². The Morgan fingerprint density at radius 2 is 1.88 bits per heavy atom. The number of rotatable bonds is 2. The van der Waals surface area contributed by atoms with Gasteiger partial charge in [0.2, 0.25) is 5.91 Å². The lowest BCUT2D eigenvalue weighted by molar-refractivity contribution is -0.120. The van der Waals surface area contributed by atoms with Crippen molar-refractivity contribution in [3.05, 3.63) is 64.6 Å². The Morgan fingerprint density at radius 3 is 2.64 bits per heavy atom. The fourth-order valence-corrected chi connectivity index (χ4v) is 3.82. The van der Waals surface area contributed by atoms with Crippen LogP contribution in [0.2, 0.25) is 0 Å². The summed E-state index contributed by atoms with van der Waals surface area (Å²) >= 11 is 0. The highest BCUT2D eigenvalue weighted by atomic mass is 16.1. The Morgan fingerprint density at radius 1 is 1.12 bits per heavy atom. The van der Waals surface area contributed by atoms with E-state index in [1.165, 1.54) is 22.4 Å². The summed E-state index contributed by atoms with van der Waals surface area (Å²) in [7, 11) is 0. The smallest absolute Gasteiger partial charge is 0.227 e. The quantitative estimate of drug-likeness (QED) is 0.770. The van der Waals surface area contributed by atoms with Gasteiger partial charge < -0.3 is 9.72 Å². The Labute approximate surface area is 147 Å². The molecule has 25 heavy (non-hydrogen) atoms. The molecular weight excluding hydrogens is 310 g/mol. The first-order chi connectivity index (χ1) is 12.0. The molecule has 4 nitrogen and oxygen atoms in total. The second kappa shape index (κ2) is 6.03. The number of fused-ring (bicyclic) bond motifs is 3. The van der Waals surface area contributed by atoms with Gasteiger partial charge in [0.25, 0.3) is 0 Å². The molecule has 1 aliphatic rings. The fourth-order valence-electron chi connectivity index (χ4n) is 3.82. The van der Waals surface area contributed by atoms with Crippen molar-refractivity contribution in [3.8, 4) is 0 Å². The third-order valence-electron chi connectivity index (χ3n) is 4.99. The number of benzene rings is 1. The van der Waals surface area contributed by atoms with E-state index in [-0.39, 0.29) is 11.8 Å². The van der Waals surface area contributed by atoms with Crippen LogP contribution in [0.5, 0.6) is 0 Å². The highest BCUT2D eigenvalue weighted by Gasteiger charge is 2.28. The lowest BCUT2D eigenvalue weighted by atomic mass is 9.89. The number of carbonyl (C=O) groups is 1. The molecule has 2 aromatic heterocycles. The number of hydrogen-bond acceptors (Lipinski definition) is 2. The van der Waals surface area contributed by atoms with Crippen molar-refractivity contribution < 1.29 is 4.79 Å². The van der Waals surface area contributed by atoms with Gasteiger partial charge in [0, 0.05) is 29.9 Å².